The van der Waals surface area contributed by atoms with Crippen LogP contribution in [0.2, 0.25) is 0 Å². The van der Waals surface area contributed by atoms with Gasteiger partial charge < -0.3 is 29.7 Å². The van der Waals surface area contributed by atoms with E-state index < -0.39 is 23.6 Å². The van der Waals surface area contributed by atoms with Crippen LogP contribution in [0.1, 0.15) is 59.5 Å². The monoisotopic (exact) mass is 590 g/mol. The number of rotatable bonds is 6. The highest BCUT2D eigenvalue weighted by Crippen LogP contribution is 2.31. The number of aromatic nitrogens is 4. The highest BCUT2D eigenvalue weighted by molar-refractivity contribution is 5.93. The largest absolute Gasteiger partial charge is 0.370 e. The first-order valence-electron chi connectivity index (χ1n) is 13.6. The third kappa shape index (κ3) is 5.97. The summed E-state index contributed by atoms with van der Waals surface area (Å²) >= 11 is 0. The number of nitrogens with zero attached hydrogens (tertiary/aromatic N) is 7. The van der Waals surface area contributed by atoms with Gasteiger partial charge in [0.15, 0.2) is 0 Å². The number of nitrogens with two attached hydrogens (primary N) is 1. The van der Waals surface area contributed by atoms with Gasteiger partial charge in [-0.05, 0) is 49.4 Å². The molecule has 0 spiro atoms. The first kappa shape index (κ1) is 29.1. The molecule has 41 heavy (non-hydrogen) atoms. The van der Waals surface area contributed by atoms with Crippen molar-refractivity contribution >= 4 is 30.3 Å². The van der Waals surface area contributed by atoms with Crippen molar-refractivity contribution in [2.75, 3.05) is 49.6 Å². The van der Waals surface area contributed by atoms with Crippen molar-refractivity contribution in [3.05, 3.63) is 59.2 Å². The molecule has 1 aromatic carbocycles. The number of hydrogen-bond acceptors (Lipinski definition) is 10. The van der Waals surface area contributed by atoms with Gasteiger partial charge in [0.25, 0.3) is 5.91 Å². The maximum Gasteiger partial charge on any atom is 0.324 e. The Hall–Kier alpha value is -3.42. The van der Waals surface area contributed by atoms with Crippen LogP contribution in [0, 0.1) is 11.6 Å². The SMILES string of the molecule is CN(C(=O)c1cnc(N2C[C@H](c3cc(F)ccc3F)[C@@H](N)C2)nc1)C1CCN(c2nc([C@@H]3CCCO3)no2)CC1.Cl. The van der Waals surface area contributed by atoms with Crippen LogP contribution in [0.15, 0.2) is 35.1 Å². The topological polar surface area (TPSA) is 127 Å². The number of carbonyl (C=O) groups is 1. The van der Waals surface area contributed by atoms with Gasteiger partial charge in [0, 0.05) is 70.2 Å². The fourth-order valence-electron chi connectivity index (χ4n) is 5.80. The molecule has 3 fully saturated rings. The maximum absolute atomic E-state index is 14.3. The number of hydrogen-bond donors (Lipinski definition) is 1. The molecule has 3 atom stereocenters. The maximum atomic E-state index is 14.3. The lowest BCUT2D eigenvalue weighted by atomic mass is 9.94. The van der Waals surface area contributed by atoms with Crippen LogP contribution in [0.4, 0.5) is 20.7 Å². The molecular weight excluding hydrogens is 558 g/mol. The lowest BCUT2D eigenvalue weighted by Gasteiger charge is -2.35. The van der Waals surface area contributed by atoms with Crippen molar-refractivity contribution in [1.29, 1.82) is 0 Å². The number of carbonyl (C=O) groups excluding carboxylic acids is 1. The molecule has 0 bridgehead atoms. The second kappa shape index (κ2) is 12.2. The number of piperidine rings is 1. The highest BCUT2D eigenvalue weighted by atomic mass is 35.5. The highest BCUT2D eigenvalue weighted by Gasteiger charge is 2.35. The van der Waals surface area contributed by atoms with E-state index in [1.54, 1.807) is 11.9 Å². The summed E-state index contributed by atoms with van der Waals surface area (Å²) in [6.45, 7) is 2.84. The number of benzene rings is 1. The van der Waals surface area contributed by atoms with Crippen LogP contribution < -0.4 is 15.5 Å². The molecule has 3 aliphatic heterocycles. The van der Waals surface area contributed by atoms with Crippen molar-refractivity contribution in [2.45, 2.75) is 49.8 Å². The number of ether oxygens (including phenoxy) is 1. The predicted octanol–water partition coefficient (Wildman–Crippen LogP) is 3.08. The third-order valence-corrected chi connectivity index (χ3v) is 8.14. The molecule has 3 saturated heterocycles. The fraction of sp³-hybridized carbons (Fsp3) is 0.519. The summed E-state index contributed by atoms with van der Waals surface area (Å²) in [4.78, 5) is 32.1. The molecule has 1 amide bonds. The van der Waals surface area contributed by atoms with Crippen molar-refractivity contribution in [3.8, 4) is 0 Å². The van der Waals surface area contributed by atoms with Crippen molar-refractivity contribution in [3.63, 3.8) is 0 Å². The quantitative estimate of drug-likeness (QED) is 0.457. The Balaban J connectivity index is 0.00000337. The van der Waals surface area contributed by atoms with E-state index in [4.69, 9.17) is 15.0 Å². The van der Waals surface area contributed by atoms with E-state index in [0.717, 1.165) is 44.4 Å². The summed E-state index contributed by atoms with van der Waals surface area (Å²) in [6.07, 6.45) is 6.32. The average Bonchev–Trinajstić information content (AvgIpc) is 3.75. The van der Waals surface area contributed by atoms with E-state index in [9.17, 15) is 13.6 Å². The van der Waals surface area contributed by atoms with Crippen molar-refractivity contribution in [1.82, 2.24) is 25.0 Å². The van der Waals surface area contributed by atoms with Gasteiger partial charge in [-0.15, -0.1) is 12.4 Å². The van der Waals surface area contributed by atoms with Crippen molar-refractivity contribution < 1.29 is 22.8 Å². The molecule has 5 heterocycles. The summed E-state index contributed by atoms with van der Waals surface area (Å²) in [7, 11) is 1.79. The Morgan fingerprint density at radius 1 is 1.10 bits per heavy atom. The number of halogens is 3. The van der Waals surface area contributed by atoms with Crippen LogP contribution in [0.3, 0.4) is 0 Å². The molecule has 2 aromatic heterocycles. The zero-order valence-corrected chi connectivity index (χ0v) is 23.5. The van der Waals surface area contributed by atoms with Gasteiger partial charge in [0.05, 0.1) is 5.56 Å². The molecule has 3 aromatic rings. The van der Waals surface area contributed by atoms with E-state index in [0.29, 0.717) is 49.5 Å². The molecule has 14 heteroatoms. The van der Waals surface area contributed by atoms with E-state index in [1.165, 1.54) is 18.5 Å². The molecule has 6 rings (SSSR count). The zero-order valence-electron chi connectivity index (χ0n) is 22.7. The number of anilines is 2. The standard InChI is InChI=1S/C27H32F2N8O3.ClH/c1-35(18-6-8-36(9-7-18)27-33-24(34-40-27)23-3-2-10-39-23)25(38)16-12-31-26(32-13-16)37-14-20(22(30)15-37)19-11-17(28)4-5-21(19)29;/h4-5,11-13,18,20,22-23H,2-3,6-10,14-15,30H2,1H3;1H/t20-,22+,23+;/m1./s1. The van der Waals surface area contributed by atoms with Crippen LogP contribution in [-0.4, -0.2) is 82.8 Å². The lowest BCUT2D eigenvalue weighted by Crippen LogP contribution is -2.45. The van der Waals surface area contributed by atoms with E-state index >= 15 is 0 Å². The van der Waals surface area contributed by atoms with E-state index in [1.807, 2.05) is 9.80 Å². The lowest BCUT2D eigenvalue weighted by molar-refractivity contribution is 0.0707. The van der Waals surface area contributed by atoms with Crippen LogP contribution in [-0.2, 0) is 4.74 Å². The zero-order chi connectivity index (χ0) is 27.8. The molecule has 11 nitrogen and oxygen atoms in total. The fourth-order valence-corrected chi connectivity index (χ4v) is 5.80. The smallest absolute Gasteiger partial charge is 0.324 e. The molecule has 0 saturated carbocycles. The Kier molecular flexibility index (Phi) is 8.66. The van der Waals surface area contributed by atoms with Gasteiger partial charge in [-0.1, -0.05) is 5.16 Å². The molecule has 0 aliphatic carbocycles. The van der Waals surface area contributed by atoms with Gasteiger partial charge in [-0.2, -0.15) is 4.98 Å². The second-order valence-electron chi connectivity index (χ2n) is 10.7. The van der Waals surface area contributed by atoms with Crippen LogP contribution in [0.25, 0.3) is 0 Å². The summed E-state index contributed by atoms with van der Waals surface area (Å²) in [5.41, 5.74) is 6.89. The Morgan fingerprint density at radius 2 is 1.85 bits per heavy atom. The van der Waals surface area contributed by atoms with Crippen LogP contribution in [0.5, 0.6) is 0 Å². The van der Waals surface area contributed by atoms with Gasteiger partial charge in [0.2, 0.25) is 11.8 Å². The van der Waals surface area contributed by atoms with Gasteiger partial charge in [-0.25, -0.2) is 18.7 Å². The normalized spacial score (nSPS) is 23.1. The predicted molar refractivity (Wildman–Crippen MR) is 148 cm³/mol. The minimum atomic E-state index is -0.505. The summed E-state index contributed by atoms with van der Waals surface area (Å²) in [5, 5.41) is 4.09. The molecule has 0 unspecified atom stereocenters. The molecule has 0 radical (unpaired) electrons. The minimum Gasteiger partial charge on any atom is -0.370 e. The number of amides is 1. The van der Waals surface area contributed by atoms with Gasteiger partial charge >= 0.3 is 6.01 Å². The summed E-state index contributed by atoms with van der Waals surface area (Å²) in [5.74, 6) is -0.565. The third-order valence-electron chi connectivity index (χ3n) is 8.14. The molecule has 3 aliphatic rings. The molecule has 2 N–H and O–H groups in total. The van der Waals surface area contributed by atoms with E-state index in [-0.39, 0.29) is 36.0 Å². The first-order chi connectivity index (χ1) is 19.4. The van der Waals surface area contributed by atoms with E-state index in [2.05, 4.69) is 20.1 Å². The Labute approximate surface area is 242 Å². The second-order valence-corrected chi connectivity index (χ2v) is 10.7. The average molecular weight is 591 g/mol. The molecule has 220 valence electrons. The minimum absolute atomic E-state index is 0. The van der Waals surface area contributed by atoms with Gasteiger partial charge in [-0.3, -0.25) is 4.79 Å². The molecular formula is C27H33ClF2N8O3. The Morgan fingerprint density at radius 3 is 2.56 bits per heavy atom. The summed E-state index contributed by atoms with van der Waals surface area (Å²) in [6, 6.07) is 3.52. The van der Waals surface area contributed by atoms with Crippen LogP contribution >= 0.6 is 12.4 Å². The van der Waals surface area contributed by atoms with Crippen molar-refractivity contribution in [2.24, 2.45) is 5.73 Å². The first-order valence-corrected chi connectivity index (χ1v) is 13.6. The van der Waals surface area contributed by atoms with Gasteiger partial charge in [0.1, 0.15) is 17.7 Å². The summed E-state index contributed by atoms with van der Waals surface area (Å²) < 4.78 is 39.2. The Bertz CT molecular complexity index is 1350.